The van der Waals surface area contributed by atoms with Crippen molar-refractivity contribution in [3.63, 3.8) is 0 Å². The third-order valence-electron chi connectivity index (χ3n) is 4.77. The van der Waals surface area contributed by atoms with Crippen molar-refractivity contribution in [2.24, 2.45) is 5.92 Å². The Balaban J connectivity index is 0.00000208. The summed E-state index contributed by atoms with van der Waals surface area (Å²) in [6.45, 7) is 5.26. The Morgan fingerprint density at radius 3 is 2.42 bits per heavy atom. The van der Waals surface area contributed by atoms with Crippen LogP contribution in [0.25, 0.3) is 0 Å². The number of likely N-dealkylation sites (tertiary alicyclic amines) is 1. The Morgan fingerprint density at radius 1 is 1.04 bits per heavy atom. The largest absolute Gasteiger partial charge is 0.299 e. The van der Waals surface area contributed by atoms with Crippen LogP contribution in [0.3, 0.4) is 0 Å². The maximum atomic E-state index is 12.4. The highest BCUT2D eigenvalue weighted by atomic mass is 35.5. The zero-order chi connectivity index (χ0) is 16.1. The summed E-state index contributed by atoms with van der Waals surface area (Å²) in [6, 6.07) is 18.6. The maximum Gasteiger partial charge on any atom is 0.163 e. The van der Waals surface area contributed by atoms with Gasteiger partial charge in [0, 0.05) is 18.5 Å². The van der Waals surface area contributed by atoms with Crippen LogP contribution in [0.15, 0.2) is 54.6 Å². The average Bonchev–Trinajstić information content (AvgIpc) is 2.57. The lowest BCUT2D eigenvalue weighted by Gasteiger charge is -2.31. The summed E-state index contributed by atoms with van der Waals surface area (Å²) in [5.41, 5.74) is 3.41. The van der Waals surface area contributed by atoms with Crippen molar-refractivity contribution in [3.05, 3.63) is 71.3 Å². The van der Waals surface area contributed by atoms with Crippen LogP contribution in [-0.2, 0) is 6.54 Å². The second-order valence-corrected chi connectivity index (χ2v) is 6.70. The van der Waals surface area contributed by atoms with Crippen LogP contribution in [0.5, 0.6) is 0 Å². The van der Waals surface area contributed by atoms with Crippen molar-refractivity contribution in [3.8, 4) is 0 Å². The summed E-state index contributed by atoms with van der Waals surface area (Å²) in [6.07, 6.45) is 2.96. The van der Waals surface area contributed by atoms with Crippen LogP contribution in [0.4, 0.5) is 0 Å². The van der Waals surface area contributed by atoms with Crippen molar-refractivity contribution < 1.29 is 4.79 Å². The fourth-order valence-corrected chi connectivity index (χ4v) is 3.39. The monoisotopic (exact) mass is 343 g/mol. The Hall–Kier alpha value is -1.64. The molecule has 0 spiro atoms. The van der Waals surface area contributed by atoms with Crippen LogP contribution >= 0.6 is 12.4 Å². The molecule has 0 unspecified atom stereocenters. The molecule has 0 saturated carbocycles. The van der Waals surface area contributed by atoms with Crippen molar-refractivity contribution in [1.29, 1.82) is 0 Å². The van der Waals surface area contributed by atoms with Gasteiger partial charge in [0.15, 0.2) is 5.78 Å². The molecular weight excluding hydrogens is 318 g/mol. The molecule has 1 heterocycles. The van der Waals surface area contributed by atoms with E-state index in [0.29, 0.717) is 18.1 Å². The lowest BCUT2D eigenvalue weighted by Crippen LogP contribution is -2.33. The number of hydrogen-bond acceptors (Lipinski definition) is 2. The topological polar surface area (TPSA) is 20.3 Å². The number of rotatable bonds is 5. The van der Waals surface area contributed by atoms with E-state index in [1.165, 1.54) is 5.56 Å². The molecule has 2 aromatic rings. The standard InChI is InChI=1S/C21H25NO.ClH/c1-17-6-5-9-20(14-17)21(23)15-18-10-12-22(13-11-18)16-19-7-3-2-4-8-19;/h2-9,14,18H,10-13,15-16H2,1H3;1H. The summed E-state index contributed by atoms with van der Waals surface area (Å²) >= 11 is 0. The first-order valence-corrected chi connectivity index (χ1v) is 8.57. The van der Waals surface area contributed by atoms with Crippen LogP contribution in [-0.4, -0.2) is 23.8 Å². The van der Waals surface area contributed by atoms with Crippen LogP contribution in [0.2, 0.25) is 0 Å². The minimum absolute atomic E-state index is 0. The highest BCUT2D eigenvalue weighted by molar-refractivity contribution is 5.96. The van der Waals surface area contributed by atoms with Gasteiger partial charge in [-0.3, -0.25) is 9.69 Å². The fraction of sp³-hybridized carbons (Fsp3) is 0.381. The summed E-state index contributed by atoms with van der Waals surface area (Å²) in [5, 5.41) is 0. The van der Waals surface area contributed by atoms with Gasteiger partial charge >= 0.3 is 0 Å². The molecule has 0 aliphatic carbocycles. The molecule has 0 radical (unpaired) electrons. The summed E-state index contributed by atoms with van der Waals surface area (Å²) in [4.78, 5) is 14.9. The van der Waals surface area contributed by atoms with E-state index in [0.717, 1.165) is 43.6 Å². The van der Waals surface area contributed by atoms with Gasteiger partial charge in [-0.05, 0) is 50.4 Å². The molecule has 0 bridgehead atoms. The average molecular weight is 344 g/mol. The first-order chi connectivity index (χ1) is 11.2. The maximum absolute atomic E-state index is 12.4. The van der Waals surface area contributed by atoms with Gasteiger partial charge in [-0.25, -0.2) is 0 Å². The smallest absolute Gasteiger partial charge is 0.163 e. The lowest BCUT2D eigenvalue weighted by molar-refractivity contribution is 0.0925. The molecule has 0 aromatic heterocycles. The number of piperidine rings is 1. The molecule has 2 aromatic carbocycles. The van der Waals surface area contributed by atoms with E-state index < -0.39 is 0 Å². The predicted molar refractivity (Wildman–Crippen MR) is 102 cm³/mol. The molecule has 3 rings (SSSR count). The van der Waals surface area contributed by atoms with Crippen molar-refractivity contribution >= 4 is 18.2 Å². The Bertz CT molecular complexity index is 648. The molecular formula is C21H26ClNO. The van der Waals surface area contributed by atoms with Gasteiger partial charge in [-0.2, -0.15) is 0 Å². The predicted octanol–water partition coefficient (Wildman–Crippen LogP) is 4.90. The summed E-state index contributed by atoms with van der Waals surface area (Å²) in [7, 11) is 0. The third-order valence-corrected chi connectivity index (χ3v) is 4.77. The van der Waals surface area contributed by atoms with Gasteiger partial charge in [-0.15, -0.1) is 12.4 Å². The highest BCUT2D eigenvalue weighted by Gasteiger charge is 2.22. The first kappa shape index (κ1) is 18.7. The number of Topliss-reactive ketones (excluding diaryl/α,β-unsaturated/α-hetero) is 1. The van der Waals surface area contributed by atoms with Gasteiger partial charge in [0.1, 0.15) is 0 Å². The van der Waals surface area contributed by atoms with E-state index in [2.05, 4.69) is 35.2 Å². The highest BCUT2D eigenvalue weighted by Crippen LogP contribution is 2.23. The number of aryl methyl sites for hydroxylation is 1. The Morgan fingerprint density at radius 2 is 1.75 bits per heavy atom. The molecule has 128 valence electrons. The van der Waals surface area contributed by atoms with Crippen molar-refractivity contribution in [2.75, 3.05) is 13.1 Å². The third kappa shape index (κ3) is 5.19. The molecule has 2 nitrogen and oxygen atoms in total. The molecule has 1 saturated heterocycles. The molecule has 1 fully saturated rings. The SMILES string of the molecule is Cc1cccc(C(=O)CC2CCN(Cc3ccccc3)CC2)c1.Cl. The normalized spacial score (nSPS) is 15.7. The Kier molecular flexibility index (Phi) is 7.01. The fourth-order valence-electron chi connectivity index (χ4n) is 3.39. The van der Waals surface area contributed by atoms with Gasteiger partial charge in [0.2, 0.25) is 0 Å². The number of hydrogen-bond donors (Lipinski definition) is 0. The van der Waals surface area contributed by atoms with Gasteiger partial charge in [0.05, 0.1) is 0 Å². The van der Waals surface area contributed by atoms with Gasteiger partial charge < -0.3 is 0 Å². The number of carbonyl (C=O) groups is 1. The van der Waals surface area contributed by atoms with E-state index in [4.69, 9.17) is 0 Å². The van der Waals surface area contributed by atoms with E-state index in [-0.39, 0.29) is 12.4 Å². The zero-order valence-electron chi connectivity index (χ0n) is 14.3. The van der Waals surface area contributed by atoms with Crippen LogP contribution in [0, 0.1) is 12.8 Å². The minimum Gasteiger partial charge on any atom is -0.299 e. The van der Waals surface area contributed by atoms with E-state index in [1.54, 1.807) is 0 Å². The zero-order valence-corrected chi connectivity index (χ0v) is 15.1. The van der Waals surface area contributed by atoms with Crippen LogP contribution < -0.4 is 0 Å². The molecule has 3 heteroatoms. The van der Waals surface area contributed by atoms with Gasteiger partial charge in [-0.1, -0.05) is 54.1 Å². The number of ketones is 1. The number of nitrogens with zero attached hydrogens (tertiary/aromatic N) is 1. The van der Waals surface area contributed by atoms with Crippen molar-refractivity contribution in [2.45, 2.75) is 32.7 Å². The molecule has 24 heavy (non-hydrogen) atoms. The van der Waals surface area contributed by atoms with E-state index >= 15 is 0 Å². The number of carbonyl (C=O) groups excluding carboxylic acids is 1. The molecule has 0 N–H and O–H groups in total. The second-order valence-electron chi connectivity index (χ2n) is 6.70. The second kappa shape index (κ2) is 9.00. The van der Waals surface area contributed by atoms with E-state index in [9.17, 15) is 4.79 Å². The Labute approximate surface area is 151 Å². The number of halogens is 1. The molecule has 1 aliphatic heterocycles. The van der Waals surface area contributed by atoms with Crippen LogP contribution in [0.1, 0.15) is 40.7 Å². The molecule has 0 amide bonds. The van der Waals surface area contributed by atoms with E-state index in [1.807, 2.05) is 31.2 Å². The summed E-state index contributed by atoms with van der Waals surface area (Å²) < 4.78 is 0. The quantitative estimate of drug-likeness (QED) is 0.719. The minimum atomic E-state index is 0. The summed E-state index contributed by atoms with van der Waals surface area (Å²) in [5.74, 6) is 0.838. The first-order valence-electron chi connectivity index (χ1n) is 8.57. The van der Waals surface area contributed by atoms with Crippen molar-refractivity contribution in [1.82, 2.24) is 4.90 Å². The molecule has 0 atom stereocenters. The van der Waals surface area contributed by atoms with Gasteiger partial charge in [0.25, 0.3) is 0 Å². The molecule has 1 aliphatic rings. The lowest BCUT2D eigenvalue weighted by atomic mass is 9.89. The number of benzene rings is 2.